The van der Waals surface area contributed by atoms with E-state index in [1.807, 2.05) is 48.8 Å². The van der Waals surface area contributed by atoms with E-state index in [4.69, 9.17) is 38.1 Å². The van der Waals surface area contributed by atoms with Crippen molar-refractivity contribution < 1.29 is 38.3 Å². The van der Waals surface area contributed by atoms with Gasteiger partial charge in [-0.1, -0.05) is 6.07 Å². The lowest BCUT2D eigenvalue weighted by atomic mass is 10.00. The molecule has 1 aliphatic heterocycles. The molecule has 0 bridgehead atoms. The van der Waals surface area contributed by atoms with Gasteiger partial charge in [-0.3, -0.25) is 14.9 Å². The second-order valence-electron chi connectivity index (χ2n) is 13.0. The van der Waals surface area contributed by atoms with Crippen molar-refractivity contribution in [1.29, 1.82) is 0 Å². The van der Waals surface area contributed by atoms with Crippen LogP contribution in [0.25, 0.3) is 22.5 Å². The van der Waals surface area contributed by atoms with Crippen molar-refractivity contribution in [3.05, 3.63) is 90.3 Å². The Bertz CT molecular complexity index is 1980. The summed E-state index contributed by atoms with van der Waals surface area (Å²) >= 11 is 0. The Balaban J connectivity index is 1.19. The van der Waals surface area contributed by atoms with Crippen molar-refractivity contribution in [3.8, 4) is 68.5 Å². The Morgan fingerprint density at radius 1 is 0.630 bits per heavy atom. The molecule has 1 aliphatic rings. The van der Waals surface area contributed by atoms with Crippen LogP contribution in [0.15, 0.2) is 79.1 Å². The SMILES string of the molecule is COc1cc(O)cc(N(Cc2ccc(-c3cc(OC)c(OC)c(OC)c3)nc2)C2CCN(Cc3ccnc(-c4cc(OC)c(OC)c(OC)c4)c3)CC2)c1. The fourth-order valence-corrected chi connectivity index (χ4v) is 7.00. The van der Waals surface area contributed by atoms with Gasteiger partial charge in [0.25, 0.3) is 0 Å². The Hall–Kier alpha value is -5.88. The molecule has 0 spiro atoms. The maximum atomic E-state index is 10.6. The van der Waals surface area contributed by atoms with Crippen LogP contribution in [0.5, 0.6) is 46.0 Å². The molecule has 3 heterocycles. The highest BCUT2D eigenvalue weighted by molar-refractivity contribution is 5.70. The molecule has 1 fully saturated rings. The number of aromatic hydroxyl groups is 1. The normalized spacial score (nSPS) is 13.2. The molecule has 0 saturated carbocycles. The van der Waals surface area contributed by atoms with Gasteiger partial charge in [-0.25, -0.2) is 0 Å². The van der Waals surface area contributed by atoms with E-state index in [1.54, 1.807) is 61.9 Å². The predicted molar refractivity (Wildman–Crippen MR) is 208 cm³/mol. The number of nitrogens with zero attached hydrogens (tertiary/aromatic N) is 4. The van der Waals surface area contributed by atoms with E-state index in [0.29, 0.717) is 46.8 Å². The number of phenols is 1. The number of aromatic nitrogens is 2. The topological polar surface area (TPSA) is 117 Å². The maximum Gasteiger partial charge on any atom is 0.203 e. The molecule has 284 valence electrons. The van der Waals surface area contributed by atoms with Crippen LogP contribution in [-0.4, -0.2) is 88.9 Å². The van der Waals surface area contributed by atoms with Crippen LogP contribution in [0.2, 0.25) is 0 Å². The first kappa shape index (κ1) is 37.9. The molecule has 1 saturated heterocycles. The smallest absolute Gasteiger partial charge is 0.203 e. The van der Waals surface area contributed by atoms with Crippen molar-refractivity contribution in [3.63, 3.8) is 0 Å². The van der Waals surface area contributed by atoms with Crippen molar-refractivity contribution in [2.45, 2.75) is 32.0 Å². The number of methoxy groups -OCH3 is 7. The van der Waals surface area contributed by atoms with Crippen LogP contribution in [-0.2, 0) is 13.1 Å². The molecule has 12 heteroatoms. The van der Waals surface area contributed by atoms with Gasteiger partial charge in [0.1, 0.15) is 11.5 Å². The Morgan fingerprint density at radius 3 is 1.74 bits per heavy atom. The number of phenolic OH excluding ortho intramolecular Hbond substituents is 1. The number of ether oxygens (including phenoxy) is 7. The molecule has 1 N–H and O–H groups in total. The summed E-state index contributed by atoms with van der Waals surface area (Å²) < 4.78 is 38.8. The van der Waals surface area contributed by atoms with E-state index >= 15 is 0 Å². The summed E-state index contributed by atoms with van der Waals surface area (Å²) in [7, 11) is 11.2. The minimum Gasteiger partial charge on any atom is -0.508 e. The summed E-state index contributed by atoms with van der Waals surface area (Å²) in [6, 6.07) is 21.5. The van der Waals surface area contributed by atoms with E-state index in [2.05, 4.69) is 33.0 Å². The summed E-state index contributed by atoms with van der Waals surface area (Å²) in [6.07, 6.45) is 5.60. The third-order valence-electron chi connectivity index (χ3n) is 9.77. The van der Waals surface area contributed by atoms with Gasteiger partial charge in [-0.05, 0) is 66.4 Å². The van der Waals surface area contributed by atoms with Gasteiger partial charge in [-0.2, -0.15) is 0 Å². The van der Waals surface area contributed by atoms with Gasteiger partial charge in [-0.15, -0.1) is 0 Å². The summed E-state index contributed by atoms with van der Waals surface area (Å²) in [5.74, 6) is 4.13. The molecule has 0 amide bonds. The molecule has 0 atom stereocenters. The zero-order chi connectivity index (χ0) is 38.2. The average molecular weight is 737 g/mol. The van der Waals surface area contributed by atoms with Gasteiger partial charge < -0.3 is 43.2 Å². The Morgan fingerprint density at radius 2 is 1.22 bits per heavy atom. The van der Waals surface area contributed by atoms with E-state index in [0.717, 1.165) is 66.2 Å². The van der Waals surface area contributed by atoms with Crippen LogP contribution in [0, 0.1) is 0 Å². The first-order valence-corrected chi connectivity index (χ1v) is 17.7. The number of hydrogen-bond acceptors (Lipinski definition) is 12. The summed E-state index contributed by atoms with van der Waals surface area (Å²) in [4.78, 5) is 14.3. The lowest BCUT2D eigenvalue weighted by molar-refractivity contribution is 0.201. The highest BCUT2D eigenvalue weighted by Crippen LogP contribution is 2.42. The quantitative estimate of drug-likeness (QED) is 0.117. The molecule has 0 unspecified atom stereocenters. The second-order valence-corrected chi connectivity index (χ2v) is 13.0. The molecule has 0 radical (unpaired) electrons. The minimum absolute atomic E-state index is 0.156. The molecular weight excluding hydrogens is 688 g/mol. The van der Waals surface area contributed by atoms with Crippen molar-refractivity contribution >= 4 is 5.69 Å². The monoisotopic (exact) mass is 736 g/mol. The molecular formula is C42H48N4O8. The van der Waals surface area contributed by atoms with Gasteiger partial charge in [0, 0.05) is 79.6 Å². The fourth-order valence-electron chi connectivity index (χ4n) is 7.00. The zero-order valence-corrected chi connectivity index (χ0v) is 31.9. The van der Waals surface area contributed by atoms with E-state index in [-0.39, 0.29) is 11.8 Å². The number of anilines is 1. The van der Waals surface area contributed by atoms with Gasteiger partial charge in [0.05, 0.1) is 61.2 Å². The number of pyridine rings is 2. The highest BCUT2D eigenvalue weighted by atomic mass is 16.5. The number of benzene rings is 3. The van der Waals surface area contributed by atoms with E-state index in [9.17, 15) is 5.11 Å². The third kappa shape index (κ3) is 8.34. The zero-order valence-electron chi connectivity index (χ0n) is 31.9. The van der Waals surface area contributed by atoms with Crippen molar-refractivity contribution in [2.24, 2.45) is 0 Å². The molecule has 2 aromatic heterocycles. The summed E-state index contributed by atoms with van der Waals surface area (Å²) in [5.41, 5.74) is 6.43. The van der Waals surface area contributed by atoms with Crippen LogP contribution in [0.4, 0.5) is 5.69 Å². The largest absolute Gasteiger partial charge is 0.508 e. The van der Waals surface area contributed by atoms with Crippen LogP contribution >= 0.6 is 0 Å². The fraction of sp³-hybridized carbons (Fsp3) is 0.333. The second kappa shape index (κ2) is 17.3. The van der Waals surface area contributed by atoms with Gasteiger partial charge >= 0.3 is 0 Å². The van der Waals surface area contributed by atoms with Crippen LogP contribution < -0.4 is 38.1 Å². The van der Waals surface area contributed by atoms with Gasteiger partial charge in [0.2, 0.25) is 11.5 Å². The number of hydrogen-bond donors (Lipinski definition) is 1. The highest BCUT2D eigenvalue weighted by Gasteiger charge is 2.27. The van der Waals surface area contributed by atoms with Gasteiger partial charge in [0.15, 0.2) is 23.0 Å². The lowest BCUT2D eigenvalue weighted by Gasteiger charge is -2.40. The third-order valence-corrected chi connectivity index (χ3v) is 9.77. The Labute approximate surface area is 316 Å². The molecule has 54 heavy (non-hydrogen) atoms. The average Bonchev–Trinajstić information content (AvgIpc) is 3.21. The minimum atomic E-state index is 0.156. The van der Waals surface area contributed by atoms with E-state index < -0.39 is 0 Å². The number of likely N-dealkylation sites (tertiary alicyclic amines) is 1. The first-order valence-electron chi connectivity index (χ1n) is 17.7. The standard InChI is InChI=1S/C42H48N4O8/c1-48-34-22-32(21-33(47)23-34)46(26-28-8-9-35(44-24-28)29-17-37(49-2)41(53-6)38(18-29)50-3)31-11-14-45(15-12-31)25-27-10-13-43-36(16-27)30-19-39(51-4)42(54-7)40(20-30)52-5/h8-10,13,16-24,31,47H,11-12,14-15,25-26H2,1-7H3. The van der Waals surface area contributed by atoms with Crippen molar-refractivity contribution in [1.82, 2.24) is 14.9 Å². The van der Waals surface area contributed by atoms with Crippen LogP contribution in [0.3, 0.4) is 0 Å². The number of rotatable bonds is 15. The van der Waals surface area contributed by atoms with E-state index in [1.165, 1.54) is 5.56 Å². The van der Waals surface area contributed by atoms with Crippen LogP contribution in [0.1, 0.15) is 24.0 Å². The molecule has 12 nitrogen and oxygen atoms in total. The molecule has 3 aromatic carbocycles. The Kier molecular flexibility index (Phi) is 12.1. The summed E-state index contributed by atoms with van der Waals surface area (Å²) in [5, 5.41) is 10.6. The molecule has 0 aliphatic carbocycles. The lowest BCUT2D eigenvalue weighted by Crippen LogP contribution is -2.44. The first-order chi connectivity index (χ1) is 26.3. The molecule has 6 rings (SSSR count). The van der Waals surface area contributed by atoms with Crippen molar-refractivity contribution in [2.75, 3.05) is 67.8 Å². The number of piperidine rings is 1. The predicted octanol–water partition coefficient (Wildman–Crippen LogP) is 7.25. The summed E-state index contributed by atoms with van der Waals surface area (Å²) in [6.45, 7) is 3.19. The maximum absolute atomic E-state index is 10.6. The molecule has 5 aromatic rings.